The third kappa shape index (κ3) is 16.7. The quantitative estimate of drug-likeness (QED) is 0.0441. The lowest BCUT2D eigenvalue weighted by Gasteiger charge is -2.29. The van der Waals surface area contributed by atoms with Crippen LogP contribution in [0, 0.1) is 5.92 Å². The third-order valence-electron chi connectivity index (χ3n) is 8.58. The first-order valence-corrected chi connectivity index (χ1v) is 17.8. The molecule has 0 aromatic heterocycles. The number of hydrogen-bond donors (Lipinski definition) is 11. The number of carbonyl (C=O) groups excluding carboxylic acids is 8. The summed E-state index contributed by atoms with van der Waals surface area (Å²) in [6.07, 6.45) is -3.10. The topological polar surface area (TPSA) is 373 Å². The molecular weight excluding hydrogens is 730 g/mol. The molecule has 8 atom stereocenters. The summed E-state index contributed by atoms with van der Waals surface area (Å²) in [7, 11) is 0. The number of nitrogens with two attached hydrogens (primary N) is 3. The summed E-state index contributed by atoms with van der Waals surface area (Å²) < 4.78 is 0. The lowest BCUT2D eigenvalue weighted by molar-refractivity contribution is -0.143. The van der Waals surface area contributed by atoms with Crippen LogP contribution < -0.4 is 43.8 Å². The number of nitrogens with one attached hydrogen (secondary N) is 5. The Kier molecular flexibility index (Phi) is 19.7. The van der Waals surface area contributed by atoms with Gasteiger partial charge in [-0.15, -0.1) is 0 Å². The number of nitrogens with zero attached hydrogens (tertiary/aromatic N) is 1. The van der Waals surface area contributed by atoms with Crippen molar-refractivity contribution in [2.24, 2.45) is 23.1 Å². The SMILES string of the molecule is CC(C)C[C@H](N)C(=O)N1CCC[C@H]1C(=O)N[C@@H](CCC(N)=O)C(=O)N[C@H](C(=O)N[C@@H](C)C(=O)N[C@@H](CCC(=O)O)C(=O)N[C@@H](CCC(N)=O)C(=O)O)[C@@H](C)O. The van der Waals surface area contributed by atoms with E-state index in [0.29, 0.717) is 12.8 Å². The fraction of sp³-hybridized carbons (Fsp3) is 0.697. The van der Waals surface area contributed by atoms with Gasteiger partial charge < -0.3 is 64.0 Å². The Balaban J connectivity index is 3.10. The molecule has 55 heavy (non-hydrogen) atoms. The second kappa shape index (κ2) is 22.7. The number of carbonyl (C=O) groups is 10. The highest BCUT2D eigenvalue weighted by Gasteiger charge is 2.39. The van der Waals surface area contributed by atoms with Crippen LogP contribution in [0.25, 0.3) is 0 Å². The van der Waals surface area contributed by atoms with E-state index in [1.807, 2.05) is 13.8 Å². The molecule has 1 fully saturated rings. The number of amides is 8. The average molecular weight is 786 g/mol. The van der Waals surface area contributed by atoms with E-state index in [-0.39, 0.29) is 31.7 Å². The van der Waals surface area contributed by atoms with Gasteiger partial charge in [-0.3, -0.25) is 43.2 Å². The van der Waals surface area contributed by atoms with Gasteiger partial charge in [0.15, 0.2) is 0 Å². The van der Waals surface area contributed by atoms with Crippen LogP contribution >= 0.6 is 0 Å². The number of aliphatic hydroxyl groups is 1. The Morgan fingerprint density at radius 3 is 1.71 bits per heavy atom. The summed E-state index contributed by atoms with van der Waals surface area (Å²) in [6, 6.07) is -9.76. The Morgan fingerprint density at radius 2 is 1.20 bits per heavy atom. The lowest BCUT2D eigenvalue weighted by atomic mass is 10.0. The zero-order chi connectivity index (χ0) is 42.2. The van der Waals surface area contributed by atoms with E-state index in [2.05, 4.69) is 26.6 Å². The maximum Gasteiger partial charge on any atom is 0.326 e. The number of aliphatic carboxylic acids is 2. The molecule has 0 radical (unpaired) electrons. The van der Waals surface area contributed by atoms with Crippen molar-refractivity contribution in [1.82, 2.24) is 31.5 Å². The Bertz CT molecular complexity index is 1440. The van der Waals surface area contributed by atoms with Gasteiger partial charge in [0, 0.05) is 25.8 Å². The average Bonchev–Trinajstić information content (AvgIpc) is 3.57. The minimum atomic E-state index is -1.75. The molecule has 8 amide bonds. The summed E-state index contributed by atoms with van der Waals surface area (Å²) in [4.78, 5) is 126. The van der Waals surface area contributed by atoms with Crippen molar-refractivity contribution >= 4 is 59.2 Å². The number of primary amides is 2. The summed E-state index contributed by atoms with van der Waals surface area (Å²) in [5, 5.41) is 40.3. The highest BCUT2D eigenvalue weighted by atomic mass is 16.4. The fourth-order valence-electron chi connectivity index (χ4n) is 5.63. The van der Waals surface area contributed by atoms with Crippen LogP contribution in [0.2, 0.25) is 0 Å². The molecule has 310 valence electrons. The first-order chi connectivity index (χ1) is 25.5. The van der Waals surface area contributed by atoms with Crippen molar-refractivity contribution in [3.8, 4) is 0 Å². The minimum Gasteiger partial charge on any atom is -0.481 e. The molecule has 22 heteroatoms. The van der Waals surface area contributed by atoms with E-state index in [1.54, 1.807) is 0 Å². The minimum absolute atomic E-state index is 0.111. The summed E-state index contributed by atoms with van der Waals surface area (Å²) in [5.41, 5.74) is 16.4. The second-order valence-electron chi connectivity index (χ2n) is 13.8. The molecule has 0 aromatic rings. The fourth-order valence-corrected chi connectivity index (χ4v) is 5.63. The van der Waals surface area contributed by atoms with Crippen molar-refractivity contribution < 1.29 is 63.3 Å². The van der Waals surface area contributed by atoms with Gasteiger partial charge in [-0.25, -0.2) is 4.79 Å². The molecule has 1 rings (SSSR count). The van der Waals surface area contributed by atoms with E-state index in [9.17, 15) is 58.2 Å². The molecule has 14 N–H and O–H groups in total. The van der Waals surface area contributed by atoms with Gasteiger partial charge >= 0.3 is 11.9 Å². The first kappa shape index (κ1) is 47.6. The number of hydrogen-bond acceptors (Lipinski definition) is 12. The number of carboxylic acids is 2. The van der Waals surface area contributed by atoms with Gasteiger partial charge in [-0.1, -0.05) is 13.8 Å². The maximum absolute atomic E-state index is 13.4. The van der Waals surface area contributed by atoms with Crippen molar-refractivity contribution in [2.75, 3.05) is 6.54 Å². The van der Waals surface area contributed by atoms with Crippen molar-refractivity contribution in [2.45, 2.75) is 134 Å². The lowest BCUT2D eigenvalue weighted by Crippen LogP contribution is -2.61. The van der Waals surface area contributed by atoms with Crippen LogP contribution in [0.15, 0.2) is 0 Å². The molecule has 1 heterocycles. The second-order valence-corrected chi connectivity index (χ2v) is 13.8. The van der Waals surface area contributed by atoms with Crippen LogP contribution in [-0.2, 0) is 47.9 Å². The van der Waals surface area contributed by atoms with Gasteiger partial charge in [-0.05, 0) is 58.3 Å². The van der Waals surface area contributed by atoms with Gasteiger partial charge in [0.05, 0.1) is 12.1 Å². The van der Waals surface area contributed by atoms with Crippen molar-refractivity contribution in [3.63, 3.8) is 0 Å². The van der Waals surface area contributed by atoms with Crippen LogP contribution in [0.1, 0.15) is 85.5 Å². The van der Waals surface area contributed by atoms with Crippen molar-refractivity contribution in [3.05, 3.63) is 0 Å². The molecule has 0 bridgehead atoms. The smallest absolute Gasteiger partial charge is 0.326 e. The number of rotatable bonds is 24. The first-order valence-electron chi connectivity index (χ1n) is 17.8. The molecule has 1 saturated heterocycles. The number of aliphatic hydroxyl groups excluding tert-OH is 1. The largest absolute Gasteiger partial charge is 0.481 e. The molecule has 22 nitrogen and oxygen atoms in total. The molecule has 1 aliphatic rings. The van der Waals surface area contributed by atoms with Gasteiger partial charge in [0.1, 0.15) is 36.3 Å². The predicted molar refractivity (Wildman–Crippen MR) is 191 cm³/mol. The Hall–Kier alpha value is -5.38. The van der Waals surface area contributed by atoms with E-state index in [1.165, 1.54) is 4.90 Å². The Morgan fingerprint density at radius 1 is 0.691 bits per heavy atom. The molecule has 0 aliphatic carbocycles. The molecule has 0 unspecified atom stereocenters. The summed E-state index contributed by atoms with van der Waals surface area (Å²) >= 11 is 0. The Labute approximate surface area is 317 Å². The van der Waals surface area contributed by atoms with Crippen LogP contribution in [-0.4, -0.2) is 134 Å². The molecule has 1 aliphatic heterocycles. The zero-order valence-corrected chi connectivity index (χ0v) is 31.4. The predicted octanol–water partition coefficient (Wildman–Crippen LogP) is -4.34. The van der Waals surface area contributed by atoms with Crippen LogP contribution in [0.4, 0.5) is 0 Å². The molecule has 0 saturated carbocycles. The van der Waals surface area contributed by atoms with E-state index >= 15 is 0 Å². The van der Waals surface area contributed by atoms with Gasteiger partial charge in [0.25, 0.3) is 0 Å². The number of likely N-dealkylation sites (tertiary alicyclic amines) is 1. The number of carboxylic acid groups (broad SMARTS) is 2. The molecular formula is C33H55N9O13. The molecule has 0 aromatic carbocycles. The summed E-state index contributed by atoms with van der Waals surface area (Å²) in [6.45, 7) is 6.32. The van der Waals surface area contributed by atoms with E-state index < -0.39 is 133 Å². The van der Waals surface area contributed by atoms with E-state index in [4.69, 9.17) is 22.3 Å². The maximum atomic E-state index is 13.4. The van der Waals surface area contributed by atoms with Gasteiger partial charge in [-0.2, -0.15) is 0 Å². The van der Waals surface area contributed by atoms with Crippen LogP contribution in [0.3, 0.4) is 0 Å². The standard InChI is InChI=1S/C33H55N9O13/c1-15(2)14-18(34)32(53)42-13-5-6-22(42)30(51)39-19(7-10-23(35)44)29(50)41-26(17(4)43)31(52)37-16(3)27(48)38-20(9-12-25(46)47)28(49)40-21(33(54)55)8-11-24(36)45/h15-22,26,43H,5-14,34H2,1-4H3,(H2,35,44)(H2,36,45)(H,37,52)(H,38,48)(H,39,51)(H,40,49)(H,41,50)(H,46,47)(H,54,55)/t16-,17+,18-,19-,20-,21-,22-,26-/m0/s1. The normalized spacial score (nSPS) is 17.7. The molecule has 0 spiro atoms. The van der Waals surface area contributed by atoms with Crippen LogP contribution in [0.5, 0.6) is 0 Å². The highest BCUT2D eigenvalue weighted by molar-refractivity contribution is 5.97. The highest BCUT2D eigenvalue weighted by Crippen LogP contribution is 2.20. The summed E-state index contributed by atoms with van der Waals surface area (Å²) in [5.74, 6) is -9.86. The third-order valence-corrected chi connectivity index (χ3v) is 8.58. The van der Waals surface area contributed by atoms with E-state index in [0.717, 1.165) is 13.8 Å². The monoisotopic (exact) mass is 785 g/mol. The van der Waals surface area contributed by atoms with Crippen molar-refractivity contribution in [1.29, 1.82) is 0 Å². The zero-order valence-electron chi connectivity index (χ0n) is 31.4. The van der Waals surface area contributed by atoms with Gasteiger partial charge in [0.2, 0.25) is 47.3 Å².